The van der Waals surface area contributed by atoms with Gasteiger partial charge in [0.2, 0.25) is 5.91 Å². The molecule has 1 atom stereocenters. The van der Waals surface area contributed by atoms with Gasteiger partial charge in [-0.2, -0.15) is 0 Å². The predicted octanol–water partition coefficient (Wildman–Crippen LogP) is 2.71. The van der Waals surface area contributed by atoms with Crippen molar-refractivity contribution in [1.29, 1.82) is 0 Å². The Morgan fingerprint density at radius 2 is 2.00 bits per heavy atom. The maximum absolute atomic E-state index is 10.9. The minimum atomic E-state index is 0.0482. The van der Waals surface area contributed by atoms with Crippen molar-refractivity contribution in [3.8, 4) is 0 Å². The Morgan fingerprint density at radius 1 is 1.33 bits per heavy atom. The average molecular weight is 205 g/mol. The smallest absolute Gasteiger partial charge is 0.216 e. The second kappa shape index (κ2) is 6.23. The number of hydrogen-bond donors (Lipinski definition) is 1. The van der Waals surface area contributed by atoms with Gasteiger partial charge < -0.3 is 5.32 Å². The Morgan fingerprint density at radius 3 is 2.53 bits per heavy atom. The first-order chi connectivity index (χ1) is 7.24. The minimum absolute atomic E-state index is 0.0482. The molecule has 0 aliphatic carbocycles. The van der Waals surface area contributed by atoms with Crippen LogP contribution >= 0.6 is 0 Å². The van der Waals surface area contributed by atoms with Crippen molar-refractivity contribution in [3.05, 3.63) is 35.9 Å². The molecule has 1 aromatic carbocycles. The van der Waals surface area contributed by atoms with Crippen molar-refractivity contribution in [3.63, 3.8) is 0 Å². The van der Waals surface area contributed by atoms with E-state index >= 15 is 0 Å². The predicted molar refractivity (Wildman–Crippen MR) is 62.8 cm³/mol. The van der Waals surface area contributed by atoms with Crippen LogP contribution in [0.3, 0.4) is 0 Å². The average Bonchev–Trinajstić information content (AvgIpc) is 2.25. The van der Waals surface area contributed by atoms with Crippen LogP contribution in [-0.2, 0) is 4.79 Å². The van der Waals surface area contributed by atoms with Gasteiger partial charge in [-0.05, 0) is 12.0 Å². The van der Waals surface area contributed by atoms with Crippen molar-refractivity contribution in [2.45, 2.75) is 32.6 Å². The van der Waals surface area contributed by atoms with Crippen LogP contribution in [-0.4, -0.2) is 12.5 Å². The summed E-state index contributed by atoms with van der Waals surface area (Å²) in [4.78, 5) is 10.9. The lowest BCUT2D eigenvalue weighted by Crippen LogP contribution is -2.25. The summed E-state index contributed by atoms with van der Waals surface area (Å²) in [6.45, 7) is 4.48. The first-order valence-corrected chi connectivity index (χ1v) is 5.53. The molecule has 0 aliphatic heterocycles. The summed E-state index contributed by atoms with van der Waals surface area (Å²) in [5.41, 5.74) is 1.31. The molecule has 0 radical (unpaired) electrons. The maximum atomic E-state index is 10.9. The van der Waals surface area contributed by atoms with Gasteiger partial charge in [0.15, 0.2) is 0 Å². The number of rotatable bonds is 5. The summed E-state index contributed by atoms with van der Waals surface area (Å²) in [7, 11) is 0. The summed E-state index contributed by atoms with van der Waals surface area (Å²) >= 11 is 0. The van der Waals surface area contributed by atoms with E-state index in [1.54, 1.807) is 6.92 Å². The molecule has 0 aromatic heterocycles. The van der Waals surface area contributed by atoms with Crippen molar-refractivity contribution in [2.24, 2.45) is 0 Å². The topological polar surface area (TPSA) is 29.1 Å². The summed E-state index contributed by atoms with van der Waals surface area (Å²) in [5, 5.41) is 2.89. The molecule has 2 nitrogen and oxygen atoms in total. The van der Waals surface area contributed by atoms with Gasteiger partial charge in [0.1, 0.15) is 0 Å². The molecule has 1 N–H and O–H groups in total. The molecule has 0 saturated heterocycles. The summed E-state index contributed by atoms with van der Waals surface area (Å²) < 4.78 is 0. The molecule has 0 saturated carbocycles. The van der Waals surface area contributed by atoms with Crippen LogP contribution in [0.1, 0.15) is 38.2 Å². The van der Waals surface area contributed by atoms with Crippen molar-refractivity contribution in [2.75, 3.05) is 6.54 Å². The highest BCUT2D eigenvalue weighted by Crippen LogP contribution is 2.19. The molecule has 15 heavy (non-hydrogen) atoms. The van der Waals surface area contributed by atoms with Crippen LogP contribution < -0.4 is 5.32 Å². The van der Waals surface area contributed by atoms with E-state index in [9.17, 15) is 4.79 Å². The summed E-state index contributed by atoms with van der Waals surface area (Å²) in [5.74, 6) is 0.493. The molecule has 0 unspecified atom stereocenters. The fourth-order valence-electron chi connectivity index (χ4n) is 1.73. The Bertz CT molecular complexity index is 295. The van der Waals surface area contributed by atoms with Gasteiger partial charge in [-0.15, -0.1) is 0 Å². The zero-order chi connectivity index (χ0) is 11.1. The lowest BCUT2D eigenvalue weighted by molar-refractivity contribution is -0.119. The molecule has 0 fully saturated rings. The van der Waals surface area contributed by atoms with Gasteiger partial charge in [0, 0.05) is 19.4 Å². The van der Waals surface area contributed by atoms with E-state index in [-0.39, 0.29) is 5.91 Å². The summed E-state index contributed by atoms with van der Waals surface area (Å²) in [6, 6.07) is 10.4. The number of hydrogen-bond acceptors (Lipinski definition) is 1. The minimum Gasteiger partial charge on any atom is -0.356 e. The van der Waals surface area contributed by atoms with Crippen molar-refractivity contribution >= 4 is 5.91 Å². The molecule has 2 heteroatoms. The molecule has 1 aromatic rings. The molecular formula is C13H19NO. The second-order valence-corrected chi connectivity index (χ2v) is 3.83. The van der Waals surface area contributed by atoms with Gasteiger partial charge in [0.05, 0.1) is 0 Å². The number of carbonyl (C=O) groups excluding carboxylic acids is 1. The zero-order valence-electron chi connectivity index (χ0n) is 9.49. The molecule has 82 valence electrons. The highest BCUT2D eigenvalue weighted by Gasteiger charge is 2.10. The van der Waals surface area contributed by atoms with Gasteiger partial charge in [-0.25, -0.2) is 0 Å². The molecule has 1 rings (SSSR count). The first-order valence-electron chi connectivity index (χ1n) is 5.53. The molecule has 0 heterocycles. The number of benzene rings is 1. The van der Waals surface area contributed by atoms with E-state index in [4.69, 9.17) is 0 Å². The van der Waals surface area contributed by atoms with Gasteiger partial charge in [-0.1, -0.05) is 43.7 Å². The number of nitrogens with one attached hydrogen (secondary N) is 1. The van der Waals surface area contributed by atoms with Crippen LogP contribution in [0.4, 0.5) is 0 Å². The fraction of sp³-hybridized carbons (Fsp3) is 0.462. The Labute approximate surface area is 91.7 Å². The number of amides is 1. The highest BCUT2D eigenvalue weighted by molar-refractivity contribution is 5.72. The van der Waals surface area contributed by atoms with Crippen molar-refractivity contribution < 1.29 is 4.79 Å². The summed E-state index contributed by atoms with van der Waals surface area (Å²) in [6.07, 6.45) is 2.25. The Hall–Kier alpha value is -1.31. The fourth-order valence-corrected chi connectivity index (χ4v) is 1.73. The molecule has 0 bridgehead atoms. The Balaban J connectivity index is 2.61. The largest absolute Gasteiger partial charge is 0.356 e. The van der Waals surface area contributed by atoms with E-state index in [1.165, 1.54) is 5.56 Å². The third kappa shape index (κ3) is 4.15. The standard InChI is InChI=1S/C13H19NO/c1-3-7-13(10-14-11(2)15)12-8-5-4-6-9-12/h4-6,8-9,13H,3,7,10H2,1-2H3,(H,14,15)/t13-/m1/s1. The number of carbonyl (C=O) groups is 1. The second-order valence-electron chi connectivity index (χ2n) is 3.83. The lowest BCUT2D eigenvalue weighted by atomic mass is 9.94. The first kappa shape index (κ1) is 11.8. The zero-order valence-corrected chi connectivity index (χ0v) is 9.49. The van der Waals surface area contributed by atoms with Crippen LogP contribution in [0, 0.1) is 0 Å². The normalized spacial score (nSPS) is 12.1. The van der Waals surface area contributed by atoms with E-state index in [2.05, 4.69) is 24.4 Å². The van der Waals surface area contributed by atoms with Gasteiger partial charge >= 0.3 is 0 Å². The third-order valence-electron chi connectivity index (χ3n) is 2.51. The van der Waals surface area contributed by atoms with Crippen LogP contribution in [0.15, 0.2) is 30.3 Å². The molecular weight excluding hydrogens is 186 g/mol. The van der Waals surface area contributed by atoms with Crippen molar-refractivity contribution in [1.82, 2.24) is 5.32 Å². The quantitative estimate of drug-likeness (QED) is 0.786. The van der Waals surface area contributed by atoms with Crippen LogP contribution in [0.25, 0.3) is 0 Å². The van der Waals surface area contributed by atoms with Crippen LogP contribution in [0.5, 0.6) is 0 Å². The third-order valence-corrected chi connectivity index (χ3v) is 2.51. The van der Waals surface area contributed by atoms with E-state index in [1.807, 2.05) is 18.2 Å². The molecule has 0 spiro atoms. The maximum Gasteiger partial charge on any atom is 0.216 e. The highest BCUT2D eigenvalue weighted by atomic mass is 16.1. The Kier molecular flexibility index (Phi) is 4.88. The molecule has 0 aliphatic rings. The van der Waals surface area contributed by atoms with Gasteiger partial charge in [-0.3, -0.25) is 4.79 Å². The van der Waals surface area contributed by atoms with Gasteiger partial charge in [0.25, 0.3) is 0 Å². The van der Waals surface area contributed by atoms with Crippen LogP contribution in [0.2, 0.25) is 0 Å². The molecule has 1 amide bonds. The SMILES string of the molecule is CCC[C@H](CNC(C)=O)c1ccccc1. The lowest BCUT2D eigenvalue weighted by Gasteiger charge is -2.16. The van der Waals surface area contributed by atoms with E-state index < -0.39 is 0 Å². The monoisotopic (exact) mass is 205 g/mol. The van der Waals surface area contributed by atoms with E-state index in [0.29, 0.717) is 5.92 Å². The van der Waals surface area contributed by atoms with E-state index in [0.717, 1.165) is 19.4 Å².